The fourth-order valence-electron chi connectivity index (χ4n) is 3.36. The van der Waals surface area contributed by atoms with Crippen molar-refractivity contribution in [1.29, 1.82) is 0 Å². The molecule has 0 radical (unpaired) electrons. The Bertz CT molecular complexity index is 560. The Balaban J connectivity index is 1.48. The van der Waals surface area contributed by atoms with Crippen LogP contribution in [0.1, 0.15) is 31.5 Å². The van der Waals surface area contributed by atoms with Crippen molar-refractivity contribution in [1.82, 2.24) is 9.97 Å². The number of hydrogen-bond acceptors (Lipinski definition) is 5. The Kier molecular flexibility index (Phi) is 3.49. The maximum atomic E-state index is 12.3. The number of carbonyl (C=O) groups is 1. The molecule has 0 aromatic carbocycles. The van der Waals surface area contributed by atoms with Gasteiger partial charge in [-0.05, 0) is 31.1 Å². The van der Waals surface area contributed by atoms with Crippen LogP contribution in [0.3, 0.4) is 0 Å². The van der Waals surface area contributed by atoms with Crippen LogP contribution in [-0.2, 0) is 15.7 Å². The van der Waals surface area contributed by atoms with E-state index in [1.807, 2.05) is 0 Å². The van der Waals surface area contributed by atoms with Crippen molar-refractivity contribution in [2.24, 2.45) is 11.3 Å². The van der Waals surface area contributed by atoms with E-state index in [1.54, 1.807) is 0 Å². The van der Waals surface area contributed by atoms with Crippen LogP contribution in [0.4, 0.5) is 13.2 Å². The van der Waals surface area contributed by atoms with E-state index in [-0.39, 0.29) is 29.2 Å². The van der Waals surface area contributed by atoms with Gasteiger partial charge in [0.05, 0.1) is 31.5 Å². The number of aromatic nitrogens is 2. The molecule has 1 heterocycles. The van der Waals surface area contributed by atoms with E-state index in [9.17, 15) is 18.0 Å². The number of halogens is 3. The summed E-state index contributed by atoms with van der Waals surface area (Å²) >= 11 is 0. The lowest BCUT2D eigenvalue weighted by atomic mass is 9.50. The minimum absolute atomic E-state index is 0.0275. The molecule has 0 atom stereocenters. The van der Waals surface area contributed by atoms with Crippen LogP contribution in [0.2, 0.25) is 0 Å². The third-order valence-corrected chi connectivity index (χ3v) is 4.40. The fraction of sp³-hybridized carbons (Fsp3) is 0.643. The Morgan fingerprint density at radius 1 is 1.23 bits per heavy atom. The summed E-state index contributed by atoms with van der Waals surface area (Å²) in [6, 6.07) is 0. The molecular weight excluding hydrogens is 301 g/mol. The SMILES string of the molecule is COC(=O)C1CC2(CC(Oc3cnc(C(F)(F)F)nc3)C2)C1. The molecule has 2 fully saturated rings. The van der Waals surface area contributed by atoms with E-state index < -0.39 is 12.0 Å². The minimum Gasteiger partial charge on any atom is -0.487 e. The van der Waals surface area contributed by atoms with Gasteiger partial charge in [-0.15, -0.1) is 0 Å². The summed E-state index contributed by atoms with van der Waals surface area (Å²) in [5, 5.41) is 0. The van der Waals surface area contributed by atoms with Gasteiger partial charge in [0.15, 0.2) is 5.75 Å². The molecule has 1 aromatic rings. The van der Waals surface area contributed by atoms with Crippen molar-refractivity contribution >= 4 is 5.97 Å². The number of ether oxygens (including phenoxy) is 2. The lowest BCUT2D eigenvalue weighted by molar-refractivity contribution is -0.165. The smallest absolute Gasteiger partial charge is 0.451 e. The molecule has 1 aromatic heterocycles. The fourth-order valence-corrected chi connectivity index (χ4v) is 3.36. The molecule has 2 aliphatic carbocycles. The van der Waals surface area contributed by atoms with Crippen molar-refractivity contribution in [3.05, 3.63) is 18.2 Å². The summed E-state index contributed by atoms with van der Waals surface area (Å²) in [6.07, 6.45) is 0.652. The second-order valence-electron chi connectivity index (χ2n) is 6.02. The van der Waals surface area contributed by atoms with Gasteiger partial charge in [-0.1, -0.05) is 0 Å². The van der Waals surface area contributed by atoms with Gasteiger partial charge in [-0.25, -0.2) is 9.97 Å². The second kappa shape index (κ2) is 5.10. The molecule has 0 N–H and O–H groups in total. The van der Waals surface area contributed by atoms with Gasteiger partial charge in [-0.3, -0.25) is 4.79 Å². The van der Waals surface area contributed by atoms with Crippen molar-refractivity contribution in [3.8, 4) is 5.75 Å². The normalized spacial score (nSPS) is 30.4. The van der Waals surface area contributed by atoms with E-state index in [4.69, 9.17) is 9.47 Å². The topological polar surface area (TPSA) is 61.3 Å². The lowest BCUT2D eigenvalue weighted by Crippen LogP contribution is -2.53. The van der Waals surface area contributed by atoms with Gasteiger partial charge in [0.2, 0.25) is 5.82 Å². The Morgan fingerprint density at radius 3 is 2.32 bits per heavy atom. The molecule has 0 saturated heterocycles. The van der Waals surface area contributed by atoms with E-state index in [1.165, 1.54) is 7.11 Å². The van der Waals surface area contributed by atoms with Crippen LogP contribution >= 0.6 is 0 Å². The first-order valence-corrected chi connectivity index (χ1v) is 6.95. The van der Waals surface area contributed by atoms with E-state index in [0.717, 1.165) is 38.1 Å². The number of alkyl halides is 3. The van der Waals surface area contributed by atoms with Gasteiger partial charge in [-0.2, -0.15) is 13.2 Å². The molecule has 0 aliphatic heterocycles. The summed E-state index contributed by atoms with van der Waals surface area (Å²) in [6.45, 7) is 0. The molecule has 0 unspecified atom stereocenters. The first-order valence-electron chi connectivity index (χ1n) is 6.95. The van der Waals surface area contributed by atoms with Gasteiger partial charge < -0.3 is 9.47 Å². The van der Waals surface area contributed by atoms with Gasteiger partial charge in [0.25, 0.3) is 0 Å². The minimum atomic E-state index is -4.55. The highest BCUT2D eigenvalue weighted by atomic mass is 19.4. The Hall–Kier alpha value is -1.86. The van der Waals surface area contributed by atoms with Crippen LogP contribution in [-0.4, -0.2) is 29.2 Å². The zero-order chi connectivity index (χ0) is 16.0. The van der Waals surface area contributed by atoms with Crippen molar-refractivity contribution in [2.45, 2.75) is 38.0 Å². The Labute approximate surface area is 124 Å². The molecule has 22 heavy (non-hydrogen) atoms. The van der Waals surface area contributed by atoms with Crippen molar-refractivity contribution in [2.75, 3.05) is 7.11 Å². The average Bonchev–Trinajstić information content (AvgIpc) is 2.38. The average molecular weight is 316 g/mol. The zero-order valence-corrected chi connectivity index (χ0v) is 11.9. The summed E-state index contributed by atoms with van der Waals surface area (Å²) in [4.78, 5) is 17.9. The largest absolute Gasteiger partial charge is 0.487 e. The predicted octanol–water partition coefficient (Wildman–Crippen LogP) is 2.61. The number of methoxy groups -OCH3 is 1. The van der Waals surface area contributed by atoms with E-state index in [2.05, 4.69) is 9.97 Å². The number of hydrogen-bond donors (Lipinski definition) is 0. The maximum absolute atomic E-state index is 12.3. The van der Waals surface area contributed by atoms with Gasteiger partial charge in [0.1, 0.15) is 0 Å². The van der Waals surface area contributed by atoms with E-state index in [0.29, 0.717) is 0 Å². The molecule has 3 rings (SSSR count). The molecule has 120 valence electrons. The maximum Gasteiger partial charge on any atom is 0.451 e. The summed E-state index contributed by atoms with van der Waals surface area (Å²) in [5.41, 5.74) is 0.135. The summed E-state index contributed by atoms with van der Waals surface area (Å²) in [5.74, 6) is -1.15. The third-order valence-electron chi connectivity index (χ3n) is 4.40. The highest BCUT2D eigenvalue weighted by molar-refractivity contribution is 5.73. The number of nitrogens with zero attached hydrogens (tertiary/aromatic N) is 2. The van der Waals surface area contributed by atoms with Gasteiger partial charge in [0, 0.05) is 0 Å². The lowest BCUT2D eigenvalue weighted by Gasteiger charge is -2.56. The standard InChI is InChI=1S/C14H15F3N2O3/c1-21-11(20)8-2-13(3-8)4-9(5-13)22-10-6-18-12(19-7-10)14(15,16)17/h6-9H,2-5H2,1H3. The second-order valence-corrected chi connectivity index (χ2v) is 6.02. The quantitative estimate of drug-likeness (QED) is 0.802. The summed E-state index contributed by atoms with van der Waals surface area (Å²) in [7, 11) is 1.38. The highest BCUT2D eigenvalue weighted by Crippen LogP contribution is 2.59. The van der Waals surface area contributed by atoms with Crippen LogP contribution in [0.15, 0.2) is 12.4 Å². The first kappa shape index (κ1) is 15.1. The number of rotatable bonds is 3. The molecule has 8 heteroatoms. The monoisotopic (exact) mass is 316 g/mol. The van der Waals surface area contributed by atoms with Crippen LogP contribution in [0.5, 0.6) is 5.75 Å². The molecule has 0 bridgehead atoms. The van der Waals surface area contributed by atoms with Crippen LogP contribution in [0, 0.1) is 11.3 Å². The summed E-state index contributed by atoms with van der Waals surface area (Å²) < 4.78 is 47.3. The molecule has 0 amide bonds. The highest BCUT2D eigenvalue weighted by Gasteiger charge is 2.56. The first-order chi connectivity index (χ1) is 10.3. The number of carbonyl (C=O) groups excluding carboxylic acids is 1. The van der Waals surface area contributed by atoms with Gasteiger partial charge >= 0.3 is 12.1 Å². The van der Waals surface area contributed by atoms with Crippen molar-refractivity contribution in [3.63, 3.8) is 0 Å². The molecule has 1 spiro atoms. The van der Waals surface area contributed by atoms with Crippen molar-refractivity contribution < 1.29 is 27.4 Å². The number of esters is 1. The predicted molar refractivity (Wildman–Crippen MR) is 67.9 cm³/mol. The molecule has 2 aliphatic rings. The molecular formula is C14H15F3N2O3. The van der Waals surface area contributed by atoms with E-state index >= 15 is 0 Å². The Morgan fingerprint density at radius 2 is 1.82 bits per heavy atom. The molecule has 5 nitrogen and oxygen atoms in total. The van der Waals surface area contributed by atoms with Crippen LogP contribution in [0.25, 0.3) is 0 Å². The third kappa shape index (κ3) is 2.74. The molecule has 2 saturated carbocycles. The zero-order valence-electron chi connectivity index (χ0n) is 11.9. The van der Waals surface area contributed by atoms with Crippen LogP contribution < -0.4 is 4.74 Å².